The average molecular weight is 241 g/mol. The van der Waals surface area contributed by atoms with Crippen LogP contribution in [0.4, 0.5) is 5.69 Å². The van der Waals surface area contributed by atoms with Crippen LogP contribution in [0.3, 0.4) is 0 Å². The van der Waals surface area contributed by atoms with Crippen molar-refractivity contribution >= 4 is 16.6 Å². The van der Waals surface area contributed by atoms with Crippen LogP contribution in [-0.4, -0.2) is 42.1 Å². The quantitative estimate of drug-likeness (QED) is 0.828. The Balaban J connectivity index is 1.62. The summed E-state index contributed by atoms with van der Waals surface area (Å²) < 4.78 is 0. The topological polar surface area (TPSA) is 22.3 Å². The van der Waals surface area contributed by atoms with Crippen molar-refractivity contribution in [3.05, 3.63) is 30.5 Å². The van der Waals surface area contributed by atoms with Crippen molar-refractivity contribution in [2.24, 2.45) is 0 Å². The number of fused-ring (bicyclic) bond motifs is 2. The van der Waals surface area contributed by atoms with Crippen LogP contribution in [0.2, 0.25) is 0 Å². The molecule has 3 nitrogen and oxygen atoms in total. The molecule has 3 heteroatoms. The molecule has 1 unspecified atom stereocenters. The fraction of sp³-hybridized carbons (Fsp3) is 0.467. The zero-order chi connectivity index (χ0) is 11.9. The summed E-state index contributed by atoms with van der Waals surface area (Å²) in [5, 5.41) is 1.32. The van der Waals surface area contributed by atoms with Gasteiger partial charge in [-0.25, -0.2) is 0 Å². The number of nitrogens with one attached hydrogen (secondary N) is 1. The van der Waals surface area contributed by atoms with E-state index in [2.05, 4.69) is 39.0 Å². The Morgan fingerprint density at radius 1 is 1.11 bits per heavy atom. The highest BCUT2D eigenvalue weighted by molar-refractivity contribution is 5.83. The monoisotopic (exact) mass is 241 g/mol. The molecule has 0 amide bonds. The summed E-state index contributed by atoms with van der Waals surface area (Å²) in [6.07, 6.45) is 4.78. The van der Waals surface area contributed by atoms with Crippen molar-refractivity contribution < 1.29 is 0 Å². The third-order valence-corrected chi connectivity index (χ3v) is 4.49. The second-order valence-electron chi connectivity index (χ2n) is 5.53. The first kappa shape index (κ1) is 10.4. The third kappa shape index (κ3) is 1.62. The van der Waals surface area contributed by atoms with Crippen molar-refractivity contribution in [3.63, 3.8) is 0 Å². The predicted octanol–water partition coefficient (Wildman–Crippen LogP) is 2.45. The highest BCUT2D eigenvalue weighted by Gasteiger charge is 2.30. The molecule has 18 heavy (non-hydrogen) atoms. The van der Waals surface area contributed by atoms with Crippen molar-refractivity contribution in [2.75, 3.05) is 31.1 Å². The summed E-state index contributed by atoms with van der Waals surface area (Å²) in [6.45, 7) is 4.92. The van der Waals surface area contributed by atoms with Gasteiger partial charge in [0.1, 0.15) is 0 Å². The minimum atomic E-state index is 0.792. The van der Waals surface area contributed by atoms with E-state index in [4.69, 9.17) is 0 Å². The molecule has 2 fully saturated rings. The van der Waals surface area contributed by atoms with Gasteiger partial charge in [0.2, 0.25) is 0 Å². The maximum absolute atomic E-state index is 3.26. The molecule has 0 radical (unpaired) electrons. The number of H-pyrrole nitrogens is 1. The average Bonchev–Trinajstić information content (AvgIpc) is 3.05. The Labute approximate surface area is 107 Å². The zero-order valence-electron chi connectivity index (χ0n) is 10.6. The van der Waals surface area contributed by atoms with E-state index < -0.39 is 0 Å². The molecule has 4 rings (SSSR count). The normalized spacial score (nSPS) is 24.7. The first-order chi connectivity index (χ1) is 8.90. The van der Waals surface area contributed by atoms with E-state index >= 15 is 0 Å². The summed E-state index contributed by atoms with van der Waals surface area (Å²) >= 11 is 0. The second-order valence-corrected chi connectivity index (χ2v) is 5.53. The molecule has 94 valence electrons. The molecular weight excluding hydrogens is 222 g/mol. The smallest absolute Gasteiger partial charge is 0.0455 e. The molecule has 0 saturated carbocycles. The Bertz CT molecular complexity index is 560. The summed E-state index contributed by atoms with van der Waals surface area (Å²) in [5.41, 5.74) is 2.62. The molecule has 0 spiro atoms. The first-order valence-corrected chi connectivity index (χ1v) is 6.96. The van der Waals surface area contributed by atoms with E-state index in [0.717, 1.165) is 6.04 Å². The SMILES string of the molecule is c1cc2cc(N3CCN4CCCC4C3)ccc2[nH]1. The number of anilines is 1. The Morgan fingerprint density at radius 2 is 2.11 bits per heavy atom. The Hall–Kier alpha value is -1.48. The van der Waals surface area contributed by atoms with Gasteiger partial charge in [0, 0.05) is 48.5 Å². The van der Waals surface area contributed by atoms with E-state index in [0.29, 0.717) is 0 Å². The second kappa shape index (κ2) is 4.02. The minimum Gasteiger partial charge on any atom is -0.369 e. The lowest BCUT2D eigenvalue weighted by molar-refractivity contribution is 0.231. The summed E-state index contributed by atoms with van der Waals surface area (Å²) in [4.78, 5) is 8.47. The van der Waals surface area contributed by atoms with Crippen LogP contribution in [0.1, 0.15) is 12.8 Å². The number of aromatic nitrogens is 1. The number of nitrogens with zero attached hydrogens (tertiary/aromatic N) is 2. The van der Waals surface area contributed by atoms with Crippen LogP contribution >= 0.6 is 0 Å². The summed E-state index contributed by atoms with van der Waals surface area (Å²) in [7, 11) is 0. The minimum absolute atomic E-state index is 0.792. The van der Waals surface area contributed by atoms with Gasteiger partial charge in [-0.3, -0.25) is 4.90 Å². The van der Waals surface area contributed by atoms with E-state index in [1.54, 1.807) is 0 Å². The van der Waals surface area contributed by atoms with E-state index in [1.165, 1.54) is 55.6 Å². The number of rotatable bonds is 1. The van der Waals surface area contributed by atoms with Gasteiger partial charge in [0.15, 0.2) is 0 Å². The molecule has 2 aliphatic heterocycles. The largest absolute Gasteiger partial charge is 0.369 e. The van der Waals surface area contributed by atoms with Gasteiger partial charge in [-0.05, 0) is 43.7 Å². The standard InChI is InChI=1S/C15H19N3/c1-2-14-11-18(9-8-17(14)7-1)13-3-4-15-12(10-13)5-6-16-15/h3-6,10,14,16H,1-2,7-9,11H2. The first-order valence-electron chi connectivity index (χ1n) is 6.96. The molecule has 1 aromatic heterocycles. The molecule has 0 aliphatic carbocycles. The van der Waals surface area contributed by atoms with E-state index in [1.807, 2.05) is 6.20 Å². The molecule has 0 bridgehead atoms. The van der Waals surface area contributed by atoms with Crippen LogP contribution in [0.25, 0.3) is 10.9 Å². The molecule has 1 aromatic carbocycles. The molecule has 2 aromatic rings. The highest BCUT2D eigenvalue weighted by atomic mass is 15.3. The molecular formula is C15H19N3. The van der Waals surface area contributed by atoms with Crippen LogP contribution in [0.5, 0.6) is 0 Å². The number of aromatic amines is 1. The lowest BCUT2D eigenvalue weighted by atomic mass is 10.1. The Kier molecular flexibility index (Phi) is 2.33. The maximum Gasteiger partial charge on any atom is 0.0455 e. The predicted molar refractivity (Wildman–Crippen MR) is 75.1 cm³/mol. The van der Waals surface area contributed by atoms with Crippen LogP contribution in [-0.2, 0) is 0 Å². The summed E-state index contributed by atoms with van der Waals surface area (Å²) in [5.74, 6) is 0. The van der Waals surface area contributed by atoms with Crippen molar-refractivity contribution in [1.29, 1.82) is 0 Å². The van der Waals surface area contributed by atoms with Crippen LogP contribution < -0.4 is 4.90 Å². The van der Waals surface area contributed by atoms with E-state index in [9.17, 15) is 0 Å². The molecule has 2 aliphatic rings. The maximum atomic E-state index is 3.26. The van der Waals surface area contributed by atoms with E-state index in [-0.39, 0.29) is 0 Å². The van der Waals surface area contributed by atoms with Crippen molar-refractivity contribution in [2.45, 2.75) is 18.9 Å². The van der Waals surface area contributed by atoms with Crippen LogP contribution in [0.15, 0.2) is 30.5 Å². The fourth-order valence-electron chi connectivity index (χ4n) is 3.46. The third-order valence-electron chi connectivity index (χ3n) is 4.49. The van der Waals surface area contributed by atoms with Gasteiger partial charge < -0.3 is 9.88 Å². The fourth-order valence-corrected chi connectivity index (χ4v) is 3.46. The van der Waals surface area contributed by atoms with Crippen LogP contribution in [0, 0.1) is 0 Å². The number of hydrogen-bond donors (Lipinski definition) is 1. The molecule has 2 saturated heterocycles. The van der Waals surface area contributed by atoms with Gasteiger partial charge in [-0.2, -0.15) is 0 Å². The molecule has 1 atom stereocenters. The van der Waals surface area contributed by atoms with Gasteiger partial charge in [0.05, 0.1) is 0 Å². The highest BCUT2D eigenvalue weighted by Crippen LogP contribution is 2.27. The van der Waals surface area contributed by atoms with Gasteiger partial charge in [-0.1, -0.05) is 0 Å². The summed E-state index contributed by atoms with van der Waals surface area (Å²) in [6, 6.07) is 9.72. The van der Waals surface area contributed by atoms with Crippen molar-refractivity contribution in [1.82, 2.24) is 9.88 Å². The molecule has 3 heterocycles. The number of hydrogen-bond acceptors (Lipinski definition) is 2. The Morgan fingerprint density at radius 3 is 3.11 bits per heavy atom. The lowest BCUT2D eigenvalue weighted by Gasteiger charge is -2.38. The van der Waals surface area contributed by atoms with Crippen molar-refractivity contribution in [3.8, 4) is 0 Å². The van der Waals surface area contributed by atoms with Gasteiger partial charge in [-0.15, -0.1) is 0 Å². The van der Waals surface area contributed by atoms with Gasteiger partial charge in [0.25, 0.3) is 0 Å². The molecule has 1 N–H and O–H groups in total. The number of piperazine rings is 1. The number of benzene rings is 1. The zero-order valence-corrected chi connectivity index (χ0v) is 10.6. The lowest BCUT2D eigenvalue weighted by Crippen LogP contribution is -2.50. The van der Waals surface area contributed by atoms with Gasteiger partial charge >= 0.3 is 0 Å².